The number of hydrogen-bond acceptors (Lipinski definition) is 0. The Bertz CT molecular complexity index is 200. The molecule has 0 spiro atoms. The van der Waals surface area contributed by atoms with Crippen LogP contribution in [0.2, 0.25) is 0 Å². The van der Waals surface area contributed by atoms with Crippen LogP contribution in [0.25, 0.3) is 0 Å². The lowest BCUT2D eigenvalue weighted by Crippen LogP contribution is -2.12. The zero-order chi connectivity index (χ0) is 8.72. The third-order valence-corrected chi connectivity index (χ3v) is 4.10. The summed E-state index contributed by atoms with van der Waals surface area (Å²) < 4.78 is 0. The van der Waals surface area contributed by atoms with Gasteiger partial charge in [0.15, 0.2) is 0 Å². The molecule has 0 heteroatoms. The van der Waals surface area contributed by atoms with Crippen LogP contribution in [0.1, 0.15) is 20.8 Å². The SMILES string of the molecule is CC1C(C)C2C=CC=CC2C1C. The Morgan fingerprint density at radius 2 is 1.08 bits per heavy atom. The summed E-state index contributed by atoms with van der Waals surface area (Å²) in [6, 6.07) is 0. The first-order valence-corrected chi connectivity index (χ1v) is 5.07. The fourth-order valence-electron chi connectivity index (χ4n) is 2.87. The minimum atomic E-state index is 0.819. The van der Waals surface area contributed by atoms with Crippen LogP contribution in [-0.2, 0) is 0 Å². The van der Waals surface area contributed by atoms with Gasteiger partial charge in [-0.2, -0.15) is 0 Å². The van der Waals surface area contributed by atoms with Crippen LogP contribution >= 0.6 is 0 Å². The fraction of sp³-hybridized carbons (Fsp3) is 0.667. The highest BCUT2D eigenvalue weighted by molar-refractivity contribution is 5.19. The van der Waals surface area contributed by atoms with Crippen LogP contribution in [0.3, 0.4) is 0 Å². The smallest absolute Gasteiger partial charge is 0.0136 e. The molecule has 0 saturated heterocycles. The molecule has 0 N–H and O–H groups in total. The van der Waals surface area contributed by atoms with Gasteiger partial charge in [-0.15, -0.1) is 0 Å². The lowest BCUT2D eigenvalue weighted by atomic mass is 9.85. The van der Waals surface area contributed by atoms with E-state index in [0.717, 1.165) is 29.6 Å². The summed E-state index contributed by atoms with van der Waals surface area (Å²) in [6.45, 7) is 7.19. The van der Waals surface area contributed by atoms with Gasteiger partial charge >= 0.3 is 0 Å². The Morgan fingerprint density at radius 1 is 0.667 bits per heavy atom. The molecule has 1 saturated carbocycles. The molecule has 2 aliphatic carbocycles. The molecule has 0 aliphatic heterocycles. The highest BCUT2D eigenvalue weighted by atomic mass is 14.5. The lowest BCUT2D eigenvalue weighted by Gasteiger charge is -2.20. The Morgan fingerprint density at radius 3 is 1.50 bits per heavy atom. The van der Waals surface area contributed by atoms with E-state index < -0.39 is 0 Å². The van der Waals surface area contributed by atoms with Crippen molar-refractivity contribution < 1.29 is 0 Å². The highest BCUT2D eigenvalue weighted by Gasteiger charge is 2.41. The van der Waals surface area contributed by atoms with E-state index in [0.29, 0.717) is 0 Å². The van der Waals surface area contributed by atoms with Gasteiger partial charge in [-0.1, -0.05) is 45.1 Å². The molecule has 66 valence electrons. The van der Waals surface area contributed by atoms with Crippen molar-refractivity contribution in [2.24, 2.45) is 29.6 Å². The first-order chi connectivity index (χ1) is 5.72. The van der Waals surface area contributed by atoms with E-state index in [2.05, 4.69) is 45.1 Å². The standard InChI is InChI=1S/C12H18/c1-8-9(2)11-6-4-5-7-12(11)10(8)3/h4-12H,1-3H3. The third kappa shape index (κ3) is 0.972. The Hall–Kier alpha value is -0.520. The van der Waals surface area contributed by atoms with Crippen LogP contribution < -0.4 is 0 Å². The van der Waals surface area contributed by atoms with Crippen LogP contribution in [0.4, 0.5) is 0 Å². The van der Waals surface area contributed by atoms with Crippen molar-refractivity contribution in [1.29, 1.82) is 0 Å². The molecule has 0 aromatic heterocycles. The van der Waals surface area contributed by atoms with Crippen molar-refractivity contribution in [3.63, 3.8) is 0 Å². The van der Waals surface area contributed by atoms with Gasteiger partial charge in [-0.05, 0) is 29.6 Å². The maximum absolute atomic E-state index is 2.40. The highest BCUT2D eigenvalue weighted by Crippen LogP contribution is 2.47. The van der Waals surface area contributed by atoms with E-state index in [4.69, 9.17) is 0 Å². The Balaban J connectivity index is 2.27. The maximum Gasteiger partial charge on any atom is -0.0136 e. The van der Waals surface area contributed by atoms with Crippen molar-refractivity contribution in [3.05, 3.63) is 24.3 Å². The molecule has 0 amide bonds. The summed E-state index contributed by atoms with van der Waals surface area (Å²) >= 11 is 0. The molecule has 0 aromatic rings. The number of hydrogen-bond donors (Lipinski definition) is 0. The molecule has 12 heavy (non-hydrogen) atoms. The Labute approximate surface area is 75.4 Å². The van der Waals surface area contributed by atoms with Gasteiger partial charge in [0.05, 0.1) is 0 Å². The molecule has 0 heterocycles. The summed E-state index contributed by atoms with van der Waals surface area (Å²) in [4.78, 5) is 0. The molecule has 4 atom stereocenters. The van der Waals surface area contributed by atoms with E-state index >= 15 is 0 Å². The van der Waals surface area contributed by atoms with Crippen LogP contribution in [0.5, 0.6) is 0 Å². The first kappa shape index (κ1) is 8.10. The molecule has 0 bridgehead atoms. The second-order valence-corrected chi connectivity index (χ2v) is 4.50. The number of fused-ring (bicyclic) bond motifs is 1. The molecule has 0 aromatic carbocycles. The Kier molecular flexibility index (Phi) is 1.86. The van der Waals surface area contributed by atoms with Gasteiger partial charge in [0, 0.05) is 0 Å². The molecule has 2 rings (SSSR count). The summed E-state index contributed by atoms with van der Waals surface area (Å²) in [7, 11) is 0. The average Bonchev–Trinajstić information content (AvgIpc) is 2.33. The molecule has 4 unspecified atom stereocenters. The maximum atomic E-state index is 2.40. The third-order valence-electron chi connectivity index (χ3n) is 4.10. The summed E-state index contributed by atoms with van der Waals surface area (Å²) in [6.07, 6.45) is 9.22. The fourth-order valence-corrected chi connectivity index (χ4v) is 2.87. The van der Waals surface area contributed by atoms with Gasteiger partial charge < -0.3 is 0 Å². The van der Waals surface area contributed by atoms with Crippen molar-refractivity contribution in [2.75, 3.05) is 0 Å². The number of rotatable bonds is 0. The van der Waals surface area contributed by atoms with E-state index in [1.165, 1.54) is 0 Å². The second-order valence-electron chi connectivity index (χ2n) is 4.50. The quantitative estimate of drug-likeness (QED) is 0.513. The predicted molar refractivity (Wildman–Crippen MR) is 52.8 cm³/mol. The summed E-state index contributed by atoms with van der Waals surface area (Å²) in [5.41, 5.74) is 0. The molecule has 0 nitrogen and oxygen atoms in total. The monoisotopic (exact) mass is 162 g/mol. The molecule has 2 aliphatic rings. The van der Waals surface area contributed by atoms with Gasteiger partial charge in [0.1, 0.15) is 0 Å². The molecule has 0 radical (unpaired) electrons. The average molecular weight is 162 g/mol. The minimum Gasteiger partial charge on any atom is -0.0806 e. The van der Waals surface area contributed by atoms with Crippen LogP contribution in [0, 0.1) is 29.6 Å². The molecular weight excluding hydrogens is 144 g/mol. The second kappa shape index (κ2) is 2.76. The van der Waals surface area contributed by atoms with Crippen LogP contribution in [0.15, 0.2) is 24.3 Å². The first-order valence-electron chi connectivity index (χ1n) is 5.07. The van der Waals surface area contributed by atoms with Gasteiger partial charge in [0.25, 0.3) is 0 Å². The van der Waals surface area contributed by atoms with E-state index in [-0.39, 0.29) is 0 Å². The van der Waals surface area contributed by atoms with Crippen LogP contribution in [-0.4, -0.2) is 0 Å². The largest absolute Gasteiger partial charge is 0.0806 e. The normalized spacial score (nSPS) is 51.1. The van der Waals surface area contributed by atoms with Gasteiger partial charge in [0.2, 0.25) is 0 Å². The van der Waals surface area contributed by atoms with E-state index in [1.54, 1.807) is 0 Å². The minimum absolute atomic E-state index is 0.819. The van der Waals surface area contributed by atoms with Gasteiger partial charge in [-0.25, -0.2) is 0 Å². The molecular formula is C12H18. The predicted octanol–water partition coefficient (Wildman–Crippen LogP) is 3.27. The molecule has 1 fully saturated rings. The van der Waals surface area contributed by atoms with Crippen molar-refractivity contribution in [1.82, 2.24) is 0 Å². The summed E-state index contributed by atoms with van der Waals surface area (Å²) in [5, 5.41) is 0. The van der Waals surface area contributed by atoms with Crippen molar-refractivity contribution >= 4 is 0 Å². The van der Waals surface area contributed by atoms with E-state index in [9.17, 15) is 0 Å². The number of allylic oxidation sites excluding steroid dienone is 4. The van der Waals surface area contributed by atoms with Crippen molar-refractivity contribution in [3.8, 4) is 0 Å². The zero-order valence-electron chi connectivity index (χ0n) is 8.20. The topological polar surface area (TPSA) is 0 Å². The zero-order valence-corrected chi connectivity index (χ0v) is 8.20. The van der Waals surface area contributed by atoms with Crippen molar-refractivity contribution in [2.45, 2.75) is 20.8 Å². The van der Waals surface area contributed by atoms with E-state index in [1.807, 2.05) is 0 Å². The lowest BCUT2D eigenvalue weighted by molar-refractivity contribution is 0.360. The summed E-state index contributed by atoms with van der Waals surface area (Å²) in [5.74, 6) is 4.25. The van der Waals surface area contributed by atoms with Gasteiger partial charge in [-0.3, -0.25) is 0 Å².